The van der Waals surface area contributed by atoms with Gasteiger partial charge in [0, 0.05) is 29.0 Å². The first-order valence-electron chi connectivity index (χ1n) is 9.16. The van der Waals surface area contributed by atoms with Crippen LogP contribution in [-0.2, 0) is 17.8 Å². The number of quaternary nitrogens is 1. The Morgan fingerprint density at radius 1 is 1.25 bits per heavy atom. The van der Waals surface area contributed by atoms with Gasteiger partial charge in [-0.05, 0) is 23.8 Å². The first-order valence-corrected chi connectivity index (χ1v) is 9.16. The van der Waals surface area contributed by atoms with Gasteiger partial charge in [-0.1, -0.05) is 18.2 Å². The second kappa shape index (κ2) is 7.74. The van der Waals surface area contributed by atoms with E-state index in [0.29, 0.717) is 17.9 Å². The third-order valence-corrected chi connectivity index (χ3v) is 5.09. The van der Waals surface area contributed by atoms with E-state index in [1.54, 1.807) is 26.5 Å². The molecular weight excluding hydrogens is 356 g/mol. The molecule has 144 valence electrons. The lowest BCUT2D eigenvalue weighted by Gasteiger charge is -2.19. The van der Waals surface area contributed by atoms with E-state index in [4.69, 9.17) is 9.47 Å². The number of methoxy groups -OCH3 is 2. The maximum atomic E-state index is 12.6. The van der Waals surface area contributed by atoms with Gasteiger partial charge in [0.25, 0.3) is 5.91 Å². The molecule has 0 saturated heterocycles. The summed E-state index contributed by atoms with van der Waals surface area (Å²) in [5.41, 5.74) is 6.94. The second-order valence-electron chi connectivity index (χ2n) is 6.72. The molecule has 0 radical (unpaired) electrons. The summed E-state index contributed by atoms with van der Waals surface area (Å²) in [6, 6.07) is 13.4. The Bertz CT molecular complexity index is 1040. The molecule has 0 aliphatic carbocycles. The van der Waals surface area contributed by atoms with Gasteiger partial charge < -0.3 is 19.8 Å². The molecule has 1 amide bonds. The largest absolute Gasteiger partial charge is 0.497 e. The van der Waals surface area contributed by atoms with Crippen molar-refractivity contribution in [1.29, 1.82) is 0 Å². The average molecular weight is 379 g/mol. The fraction of sp³-hybridized carbons (Fsp3) is 0.238. The van der Waals surface area contributed by atoms with Crippen LogP contribution in [0.2, 0.25) is 0 Å². The van der Waals surface area contributed by atoms with Crippen LogP contribution in [0.1, 0.15) is 16.8 Å². The van der Waals surface area contributed by atoms with E-state index < -0.39 is 0 Å². The van der Waals surface area contributed by atoms with Gasteiger partial charge in [-0.15, -0.1) is 0 Å². The Balaban J connectivity index is 1.44. The number of H-pyrrole nitrogens is 1. The summed E-state index contributed by atoms with van der Waals surface area (Å²) < 4.78 is 10.5. The second-order valence-corrected chi connectivity index (χ2v) is 6.72. The van der Waals surface area contributed by atoms with E-state index in [-0.39, 0.29) is 11.9 Å². The molecule has 1 atom stereocenters. The first kappa shape index (κ1) is 18.1. The number of nitrogens with zero attached hydrogens (tertiary/aromatic N) is 1. The van der Waals surface area contributed by atoms with Crippen LogP contribution in [0, 0.1) is 0 Å². The number of aromatic nitrogens is 1. The lowest BCUT2D eigenvalue weighted by Crippen LogP contribution is -2.93. The van der Waals surface area contributed by atoms with Crippen molar-refractivity contribution in [3.8, 4) is 11.5 Å². The number of carbonyl (C=O) groups is 1. The molecule has 0 bridgehead atoms. The van der Waals surface area contributed by atoms with E-state index in [0.717, 1.165) is 17.6 Å². The molecule has 0 saturated carbocycles. The summed E-state index contributed by atoms with van der Waals surface area (Å²) in [6.45, 7) is 0.748. The molecule has 1 aliphatic rings. The van der Waals surface area contributed by atoms with E-state index in [1.807, 2.05) is 29.6 Å². The van der Waals surface area contributed by atoms with Crippen LogP contribution in [0.25, 0.3) is 10.9 Å². The Morgan fingerprint density at radius 2 is 2.11 bits per heavy atom. The molecule has 2 heterocycles. The number of nitrogens with one attached hydrogen (secondary N) is 2. The highest BCUT2D eigenvalue weighted by atomic mass is 16.5. The molecule has 1 aromatic heterocycles. The van der Waals surface area contributed by atoms with Crippen molar-refractivity contribution in [3.63, 3.8) is 0 Å². The van der Waals surface area contributed by atoms with E-state index >= 15 is 0 Å². The van der Waals surface area contributed by atoms with Gasteiger partial charge in [0.1, 0.15) is 18.0 Å². The van der Waals surface area contributed by atoms with Crippen LogP contribution in [-0.4, -0.2) is 37.4 Å². The number of rotatable bonds is 5. The van der Waals surface area contributed by atoms with Gasteiger partial charge in [-0.3, -0.25) is 4.79 Å². The zero-order valence-electron chi connectivity index (χ0n) is 15.9. The lowest BCUT2D eigenvalue weighted by molar-refractivity contribution is -0.695. The molecule has 4 rings (SSSR count). The van der Waals surface area contributed by atoms with Crippen LogP contribution in [0.5, 0.6) is 11.5 Å². The Hall–Kier alpha value is -3.32. The Morgan fingerprint density at radius 3 is 2.93 bits per heavy atom. The molecular formula is C21H23N4O3+. The Kier molecular flexibility index (Phi) is 4.99. The number of para-hydroxylation sites is 1. The minimum absolute atomic E-state index is 0.111. The summed E-state index contributed by atoms with van der Waals surface area (Å²) in [4.78, 5) is 16.0. The molecule has 2 aromatic carbocycles. The first-order chi connectivity index (χ1) is 13.7. The maximum absolute atomic E-state index is 12.6. The molecule has 28 heavy (non-hydrogen) atoms. The SMILES string of the molecule is COc1ccc(/C=N\NC(=O)[C@H]2Cc3c([nH]c4ccccc34)C[NH2+]2)c(OC)c1. The van der Waals surface area contributed by atoms with Gasteiger partial charge in [0.2, 0.25) is 0 Å². The number of carbonyl (C=O) groups excluding carboxylic acids is 1. The number of hydrogen-bond acceptors (Lipinski definition) is 4. The molecule has 7 heteroatoms. The average Bonchev–Trinajstić information content (AvgIpc) is 3.11. The van der Waals surface area contributed by atoms with Crippen molar-refractivity contribution in [2.24, 2.45) is 5.10 Å². The fourth-order valence-electron chi connectivity index (χ4n) is 3.60. The smallest absolute Gasteiger partial charge is 0.298 e. The van der Waals surface area contributed by atoms with Crippen LogP contribution in [0.15, 0.2) is 47.6 Å². The zero-order chi connectivity index (χ0) is 19.5. The van der Waals surface area contributed by atoms with Crippen molar-refractivity contribution >= 4 is 23.0 Å². The molecule has 4 N–H and O–H groups in total. The quantitative estimate of drug-likeness (QED) is 0.461. The topological polar surface area (TPSA) is 92.3 Å². The minimum Gasteiger partial charge on any atom is -0.497 e. The van der Waals surface area contributed by atoms with Gasteiger partial charge in [-0.2, -0.15) is 5.10 Å². The molecule has 0 fully saturated rings. The molecule has 1 aliphatic heterocycles. The zero-order valence-corrected chi connectivity index (χ0v) is 15.9. The van der Waals surface area contributed by atoms with Gasteiger partial charge >= 0.3 is 0 Å². The van der Waals surface area contributed by atoms with E-state index in [2.05, 4.69) is 27.6 Å². The summed E-state index contributed by atoms with van der Waals surface area (Å²) in [6.07, 6.45) is 2.25. The molecule has 0 spiro atoms. The van der Waals surface area contributed by atoms with Gasteiger partial charge in [0.05, 0.1) is 26.1 Å². The van der Waals surface area contributed by atoms with Crippen molar-refractivity contribution in [1.82, 2.24) is 10.4 Å². The van der Waals surface area contributed by atoms with Crippen LogP contribution < -0.4 is 20.2 Å². The monoisotopic (exact) mass is 379 g/mol. The number of amides is 1. The number of nitrogens with two attached hydrogens (primary N) is 1. The molecule has 0 unspecified atom stereocenters. The van der Waals surface area contributed by atoms with Gasteiger partial charge in [-0.25, -0.2) is 5.43 Å². The third-order valence-electron chi connectivity index (χ3n) is 5.09. The highest BCUT2D eigenvalue weighted by Gasteiger charge is 2.30. The van der Waals surface area contributed by atoms with E-state index in [9.17, 15) is 4.79 Å². The maximum Gasteiger partial charge on any atom is 0.298 e. The van der Waals surface area contributed by atoms with Crippen molar-refractivity contribution < 1.29 is 19.6 Å². The van der Waals surface area contributed by atoms with Crippen LogP contribution >= 0.6 is 0 Å². The summed E-state index contributed by atoms with van der Waals surface area (Å²) in [5.74, 6) is 1.22. The van der Waals surface area contributed by atoms with Crippen LogP contribution in [0.3, 0.4) is 0 Å². The van der Waals surface area contributed by atoms with Crippen molar-refractivity contribution in [2.45, 2.75) is 19.0 Å². The predicted molar refractivity (Wildman–Crippen MR) is 107 cm³/mol. The fourth-order valence-corrected chi connectivity index (χ4v) is 3.60. The van der Waals surface area contributed by atoms with Crippen LogP contribution in [0.4, 0.5) is 0 Å². The van der Waals surface area contributed by atoms with Crippen molar-refractivity contribution in [2.75, 3.05) is 14.2 Å². The van der Waals surface area contributed by atoms with Gasteiger partial charge in [0.15, 0.2) is 6.04 Å². The summed E-state index contributed by atoms with van der Waals surface area (Å²) >= 11 is 0. The minimum atomic E-state index is -0.207. The summed E-state index contributed by atoms with van der Waals surface area (Å²) in [7, 11) is 3.18. The third kappa shape index (κ3) is 3.44. The number of aromatic amines is 1. The Labute approximate surface area is 162 Å². The van der Waals surface area contributed by atoms with E-state index in [1.165, 1.54) is 16.6 Å². The highest BCUT2D eigenvalue weighted by Crippen LogP contribution is 2.25. The lowest BCUT2D eigenvalue weighted by atomic mass is 9.98. The molecule has 3 aromatic rings. The normalized spacial score (nSPS) is 16.1. The van der Waals surface area contributed by atoms with Crippen molar-refractivity contribution in [3.05, 3.63) is 59.3 Å². The highest BCUT2D eigenvalue weighted by molar-refractivity contribution is 5.88. The predicted octanol–water partition coefficient (Wildman–Crippen LogP) is 1.32. The standard InChI is InChI=1S/C21H22N4O3/c1-27-14-8-7-13(20(9-14)28-2)11-23-25-21(26)18-10-16-15-5-3-4-6-17(15)24-19(16)12-22-18/h3-9,11,18,22,24H,10,12H2,1-2H3,(H,25,26)/p+1/b23-11-/t18-/m1/s1. The number of ether oxygens (including phenoxy) is 2. The number of hydrazone groups is 1. The number of fused-ring (bicyclic) bond motifs is 3. The number of hydrogen-bond donors (Lipinski definition) is 3. The number of benzene rings is 2. The summed E-state index contributed by atoms with van der Waals surface area (Å²) in [5, 5.41) is 7.34. The molecule has 7 nitrogen and oxygen atoms in total.